The van der Waals surface area contributed by atoms with E-state index < -0.39 is 0 Å². The lowest BCUT2D eigenvalue weighted by atomic mass is 9.98. The minimum absolute atomic E-state index is 0.0795. The van der Waals surface area contributed by atoms with E-state index >= 15 is 0 Å². The van der Waals surface area contributed by atoms with Gasteiger partial charge in [-0.05, 0) is 40.8 Å². The average Bonchev–Trinajstić information content (AvgIpc) is 3.25. The molecule has 5 heteroatoms. The predicted molar refractivity (Wildman–Crippen MR) is 95.4 cm³/mol. The van der Waals surface area contributed by atoms with Crippen LogP contribution in [0.3, 0.4) is 0 Å². The Morgan fingerprint density at radius 1 is 1.08 bits per heavy atom. The molecule has 24 heavy (non-hydrogen) atoms. The van der Waals surface area contributed by atoms with Crippen LogP contribution >= 0.6 is 11.3 Å². The zero-order chi connectivity index (χ0) is 16.5. The van der Waals surface area contributed by atoms with Gasteiger partial charge in [0, 0.05) is 34.4 Å². The molecular formula is C19H13NO3S. The van der Waals surface area contributed by atoms with Crippen LogP contribution in [0.1, 0.15) is 10.4 Å². The van der Waals surface area contributed by atoms with Gasteiger partial charge in [-0.1, -0.05) is 18.2 Å². The van der Waals surface area contributed by atoms with Crippen LogP contribution in [0.4, 0.5) is 5.69 Å². The van der Waals surface area contributed by atoms with Crippen LogP contribution in [-0.4, -0.2) is 4.92 Å². The summed E-state index contributed by atoms with van der Waals surface area (Å²) in [5, 5.41) is 14.1. The van der Waals surface area contributed by atoms with E-state index in [0.29, 0.717) is 0 Å². The van der Waals surface area contributed by atoms with Crippen molar-refractivity contribution in [3.8, 4) is 11.1 Å². The molecule has 0 radical (unpaired) electrons. The summed E-state index contributed by atoms with van der Waals surface area (Å²) in [4.78, 5) is 12.0. The van der Waals surface area contributed by atoms with Gasteiger partial charge in [-0.25, -0.2) is 0 Å². The van der Waals surface area contributed by atoms with Gasteiger partial charge < -0.3 is 4.42 Å². The summed E-state index contributed by atoms with van der Waals surface area (Å²) in [5.74, 6) is 0. The standard InChI is InChI=1S/C19H13NO3S/c21-20(22)16-4-1-3-14(12-16)18-11-13(10-17-5-2-8-24-17)9-15-6-7-23-19(15)18/h1-9,11-12H,10H2. The van der Waals surface area contributed by atoms with Crippen molar-refractivity contribution in [3.05, 3.63) is 86.8 Å². The van der Waals surface area contributed by atoms with Crippen molar-refractivity contribution in [2.75, 3.05) is 0 Å². The van der Waals surface area contributed by atoms with Gasteiger partial charge in [0.1, 0.15) is 5.58 Å². The van der Waals surface area contributed by atoms with E-state index in [4.69, 9.17) is 4.42 Å². The van der Waals surface area contributed by atoms with E-state index in [1.54, 1.807) is 29.7 Å². The quantitative estimate of drug-likeness (QED) is 0.357. The smallest absolute Gasteiger partial charge is 0.270 e. The molecule has 0 saturated heterocycles. The number of non-ortho nitro benzene ring substituents is 1. The lowest BCUT2D eigenvalue weighted by molar-refractivity contribution is -0.384. The molecule has 0 saturated carbocycles. The maximum atomic E-state index is 11.1. The minimum Gasteiger partial charge on any atom is -0.464 e. The highest BCUT2D eigenvalue weighted by atomic mass is 32.1. The third-order valence-corrected chi connectivity index (χ3v) is 4.81. The van der Waals surface area contributed by atoms with Crippen LogP contribution in [0, 0.1) is 10.1 Å². The van der Waals surface area contributed by atoms with E-state index in [1.807, 2.05) is 18.2 Å². The molecule has 2 aromatic carbocycles. The lowest BCUT2D eigenvalue weighted by Crippen LogP contribution is -1.90. The molecule has 4 nitrogen and oxygen atoms in total. The van der Waals surface area contributed by atoms with Gasteiger partial charge in [-0.3, -0.25) is 10.1 Å². The summed E-state index contributed by atoms with van der Waals surface area (Å²) in [6, 6.07) is 16.9. The third kappa shape index (κ3) is 2.70. The van der Waals surface area contributed by atoms with E-state index in [0.717, 1.165) is 34.1 Å². The van der Waals surface area contributed by atoms with Crippen molar-refractivity contribution in [1.29, 1.82) is 0 Å². The molecule has 0 atom stereocenters. The Bertz CT molecular complexity index is 1020. The fourth-order valence-electron chi connectivity index (χ4n) is 2.86. The zero-order valence-corrected chi connectivity index (χ0v) is 13.5. The number of benzene rings is 2. The van der Waals surface area contributed by atoms with Gasteiger partial charge in [0.2, 0.25) is 0 Å². The number of fused-ring (bicyclic) bond motifs is 1. The average molecular weight is 335 g/mol. The molecule has 0 bridgehead atoms. The third-order valence-electron chi connectivity index (χ3n) is 3.94. The van der Waals surface area contributed by atoms with Crippen molar-refractivity contribution in [2.45, 2.75) is 6.42 Å². The van der Waals surface area contributed by atoms with Crippen LogP contribution in [0.25, 0.3) is 22.1 Å². The van der Waals surface area contributed by atoms with E-state index in [2.05, 4.69) is 23.6 Å². The molecule has 2 aromatic heterocycles. The second kappa shape index (κ2) is 5.94. The van der Waals surface area contributed by atoms with Crippen LogP contribution in [0.2, 0.25) is 0 Å². The highest BCUT2D eigenvalue weighted by Crippen LogP contribution is 2.33. The first-order chi connectivity index (χ1) is 11.7. The Kier molecular flexibility index (Phi) is 3.63. The molecule has 0 aliphatic heterocycles. The SMILES string of the molecule is O=[N+]([O-])c1cccc(-c2cc(Cc3cccs3)cc3ccoc23)c1. The Balaban J connectivity index is 1.86. The summed E-state index contributed by atoms with van der Waals surface area (Å²) in [7, 11) is 0. The van der Waals surface area contributed by atoms with Crippen molar-refractivity contribution in [3.63, 3.8) is 0 Å². The van der Waals surface area contributed by atoms with Crippen molar-refractivity contribution < 1.29 is 9.34 Å². The Morgan fingerprint density at radius 2 is 2.00 bits per heavy atom. The number of nitrogens with zero attached hydrogens (tertiary/aromatic N) is 1. The first kappa shape index (κ1) is 14.7. The molecule has 2 heterocycles. The molecule has 4 aromatic rings. The number of nitro groups is 1. The molecule has 118 valence electrons. The number of rotatable bonds is 4. The Hall–Kier alpha value is -2.92. The summed E-state index contributed by atoms with van der Waals surface area (Å²) in [6.45, 7) is 0. The van der Waals surface area contributed by atoms with Crippen LogP contribution in [-0.2, 0) is 6.42 Å². The second-order valence-electron chi connectivity index (χ2n) is 5.55. The zero-order valence-electron chi connectivity index (χ0n) is 12.6. The molecule has 0 fully saturated rings. The minimum atomic E-state index is -0.377. The van der Waals surface area contributed by atoms with E-state index in [9.17, 15) is 10.1 Å². The largest absolute Gasteiger partial charge is 0.464 e. The number of thiophene rings is 1. The topological polar surface area (TPSA) is 56.3 Å². The van der Waals surface area contributed by atoms with Gasteiger partial charge >= 0.3 is 0 Å². The summed E-state index contributed by atoms with van der Waals surface area (Å²) in [5.41, 5.74) is 3.67. The molecule has 0 unspecified atom stereocenters. The fourth-order valence-corrected chi connectivity index (χ4v) is 3.60. The number of hydrogen-bond acceptors (Lipinski definition) is 4. The highest BCUT2D eigenvalue weighted by Gasteiger charge is 2.13. The first-order valence-corrected chi connectivity index (χ1v) is 8.36. The maximum Gasteiger partial charge on any atom is 0.270 e. The van der Waals surface area contributed by atoms with Crippen molar-refractivity contribution in [1.82, 2.24) is 0 Å². The van der Waals surface area contributed by atoms with Gasteiger partial charge in [0.05, 0.1) is 11.2 Å². The van der Waals surface area contributed by atoms with Gasteiger partial charge in [-0.15, -0.1) is 11.3 Å². The van der Waals surface area contributed by atoms with Crippen LogP contribution in [0.15, 0.2) is 70.7 Å². The first-order valence-electron chi connectivity index (χ1n) is 7.48. The molecular weight excluding hydrogens is 322 g/mol. The fraction of sp³-hybridized carbons (Fsp3) is 0.0526. The van der Waals surface area contributed by atoms with Crippen LogP contribution < -0.4 is 0 Å². The predicted octanol–water partition coefficient (Wildman–Crippen LogP) is 5.66. The molecule has 0 spiro atoms. The number of furan rings is 1. The van der Waals surface area contributed by atoms with Gasteiger partial charge in [0.15, 0.2) is 0 Å². The molecule has 0 amide bonds. The molecule has 0 aliphatic carbocycles. The lowest BCUT2D eigenvalue weighted by Gasteiger charge is -2.07. The maximum absolute atomic E-state index is 11.1. The van der Waals surface area contributed by atoms with Crippen molar-refractivity contribution in [2.24, 2.45) is 0 Å². The number of hydrogen-bond donors (Lipinski definition) is 0. The van der Waals surface area contributed by atoms with E-state index in [1.165, 1.54) is 10.9 Å². The Labute approximate surface area is 142 Å². The molecule has 0 aliphatic rings. The van der Waals surface area contributed by atoms with Crippen molar-refractivity contribution >= 4 is 28.0 Å². The summed E-state index contributed by atoms with van der Waals surface area (Å²) >= 11 is 1.72. The monoisotopic (exact) mass is 335 g/mol. The summed E-state index contributed by atoms with van der Waals surface area (Å²) in [6.07, 6.45) is 2.49. The number of nitro benzene ring substituents is 1. The second-order valence-corrected chi connectivity index (χ2v) is 6.58. The summed E-state index contributed by atoms with van der Waals surface area (Å²) < 4.78 is 5.63. The van der Waals surface area contributed by atoms with E-state index in [-0.39, 0.29) is 10.6 Å². The molecule has 4 rings (SSSR count). The van der Waals surface area contributed by atoms with Gasteiger partial charge in [0.25, 0.3) is 5.69 Å². The van der Waals surface area contributed by atoms with Crippen LogP contribution in [0.5, 0.6) is 0 Å². The normalized spacial score (nSPS) is 11.0. The van der Waals surface area contributed by atoms with Gasteiger partial charge in [-0.2, -0.15) is 0 Å². The Morgan fingerprint density at radius 3 is 2.79 bits per heavy atom. The molecule has 0 N–H and O–H groups in total. The highest BCUT2D eigenvalue weighted by molar-refractivity contribution is 7.09.